The molecular weight excluding hydrogens is 372 g/mol. The molecule has 2 heterocycles. The SMILES string of the molecule is CC[C@H](OC)[C@@H](C)[C@@H]1O[C@H]1[C@H](O)[C@@H](C)/C=C/C=C(\C)[C@H]1O[C@H](OC)CC[C@@H]1OC. The Labute approximate surface area is 176 Å². The first-order valence-electron chi connectivity index (χ1n) is 10.8. The van der Waals surface area contributed by atoms with E-state index < -0.39 is 6.10 Å². The standard InChI is InChI=1S/C23H40O6/c1-8-17(25-5)16(4)22-23(29-22)20(24)14(2)10-9-11-15(3)21-18(26-6)12-13-19(27-7)28-21/h9-11,14,16-24H,8,12-13H2,1-7H3/b10-9+,15-11+/t14-,16+,17-,18-,19-,20+,21+,22-,23-/m0/s1. The summed E-state index contributed by atoms with van der Waals surface area (Å²) < 4.78 is 28.3. The molecule has 1 N–H and O–H groups in total. The summed E-state index contributed by atoms with van der Waals surface area (Å²) in [5.41, 5.74) is 1.08. The number of ether oxygens (including phenoxy) is 5. The molecule has 0 radical (unpaired) electrons. The van der Waals surface area contributed by atoms with Crippen LogP contribution >= 0.6 is 0 Å². The Bertz CT molecular complexity index is 543. The quantitative estimate of drug-likeness (QED) is 0.414. The molecule has 9 atom stereocenters. The molecule has 0 saturated carbocycles. The van der Waals surface area contributed by atoms with Gasteiger partial charge in [-0.2, -0.15) is 0 Å². The molecule has 0 aliphatic carbocycles. The van der Waals surface area contributed by atoms with E-state index in [0.29, 0.717) is 0 Å². The van der Waals surface area contributed by atoms with Crippen molar-refractivity contribution in [3.8, 4) is 0 Å². The summed E-state index contributed by atoms with van der Waals surface area (Å²) in [5, 5.41) is 10.7. The number of aliphatic hydroxyl groups excluding tert-OH is 1. The lowest BCUT2D eigenvalue weighted by Gasteiger charge is -2.35. The van der Waals surface area contributed by atoms with Crippen molar-refractivity contribution >= 4 is 0 Å². The molecular formula is C23H40O6. The van der Waals surface area contributed by atoms with Crippen LogP contribution in [0.1, 0.15) is 47.0 Å². The number of allylic oxidation sites excluding steroid dienone is 2. The molecule has 2 rings (SSSR count). The van der Waals surface area contributed by atoms with E-state index in [9.17, 15) is 5.11 Å². The van der Waals surface area contributed by atoms with Crippen LogP contribution < -0.4 is 0 Å². The first-order valence-corrected chi connectivity index (χ1v) is 10.8. The molecule has 0 aromatic rings. The van der Waals surface area contributed by atoms with Crippen LogP contribution in [0, 0.1) is 11.8 Å². The van der Waals surface area contributed by atoms with Gasteiger partial charge in [-0.25, -0.2) is 0 Å². The smallest absolute Gasteiger partial charge is 0.158 e. The predicted octanol–water partition coefficient (Wildman–Crippen LogP) is 3.48. The van der Waals surface area contributed by atoms with Gasteiger partial charge in [-0.1, -0.05) is 39.0 Å². The Hall–Kier alpha value is -0.760. The lowest BCUT2D eigenvalue weighted by atomic mass is 9.91. The third-order valence-corrected chi connectivity index (χ3v) is 6.36. The minimum Gasteiger partial charge on any atom is -0.390 e. The second-order valence-corrected chi connectivity index (χ2v) is 8.33. The van der Waals surface area contributed by atoms with Gasteiger partial charge in [0.1, 0.15) is 12.2 Å². The van der Waals surface area contributed by atoms with E-state index in [1.54, 1.807) is 21.3 Å². The zero-order valence-corrected chi connectivity index (χ0v) is 19.0. The van der Waals surface area contributed by atoms with Crippen LogP contribution in [0.2, 0.25) is 0 Å². The van der Waals surface area contributed by atoms with Crippen molar-refractivity contribution < 1.29 is 28.8 Å². The Balaban J connectivity index is 1.90. The fourth-order valence-electron chi connectivity index (χ4n) is 4.28. The van der Waals surface area contributed by atoms with Crippen LogP contribution in [0.15, 0.2) is 23.8 Å². The van der Waals surface area contributed by atoms with Gasteiger partial charge in [-0.15, -0.1) is 0 Å². The van der Waals surface area contributed by atoms with E-state index in [2.05, 4.69) is 13.8 Å². The molecule has 0 amide bonds. The van der Waals surface area contributed by atoms with Crippen molar-refractivity contribution in [1.82, 2.24) is 0 Å². The Morgan fingerprint density at radius 2 is 1.83 bits per heavy atom. The second-order valence-electron chi connectivity index (χ2n) is 8.33. The van der Waals surface area contributed by atoms with E-state index in [1.165, 1.54) is 0 Å². The number of epoxide rings is 1. The summed E-state index contributed by atoms with van der Waals surface area (Å²) in [6, 6.07) is 0. The van der Waals surface area contributed by atoms with Crippen molar-refractivity contribution in [2.75, 3.05) is 21.3 Å². The van der Waals surface area contributed by atoms with Crippen molar-refractivity contribution in [3.63, 3.8) is 0 Å². The fourth-order valence-corrected chi connectivity index (χ4v) is 4.28. The Kier molecular flexibility index (Phi) is 9.79. The maximum Gasteiger partial charge on any atom is 0.158 e. The summed E-state index contributed by atoms with van der Waals surface area (Å²) >= 11 is 0. The molecule has 0 aromatic carbocycles. The highest BCUT2D eigenvalue weighted by molar-refractivity contribution is 5.18. The molecule has 6 nitrogen and oxygen atoms in total. The average Bonchev–Trinajstić information content (AvgIpc) is 3.54. The van der Waals surface area contributed by atoms with Gasteiger partial charge in [0.25, 0.3) is 0 Å². The lowest BCUT2D eigenvalue weighted by molar-refractivity contribution is -0.205. The molecule has 0 unspecified atom stereocenters. The molecule has 168 valence electrons. The summed E-state index contributed by atoms with van der Waals surface area (Å²) in [6.07, 6.45) is 8.00. The number of aliphatic hydroxyl groups is 1. The number of methoxy groups -OCH3 is 3. The molecule has 2 aliphatic heterocycles. The summed E-state index contributed by atoms with van der Waals surface area (Å²) in [5.74, 6) is 0.257. The van der Waals surface area contributed by atoms with E-state index in [1.807, 2.05) is 32.1 Å². The van der Waals surface area contributed by atoms with Gasteiger partial charge in [0.05, 0.1) is 24.4 Å². The third kappa shape index (κ3) is 6.36. The predicted molar refractivity (Wildman–Crippen MR) is 113 cm³/mol. The number of rotatable bonds is 11. The molecule has 2 aliphatic rings. The van der Waals surface area contributed by atoms with Crippen LogP contribution in [0.25, 0.3) is 0 Å². The van der Waals surface area contributed by atoms with Gasteiger partial charge in [0.2, 0.25) is 0 Å². The van der Waals surface area contributed by atoms with Gasteiger partial charge in [-0.3, -0.25) is 0 Å². The highest BCUT2D eigenvalue weighted by atomic mass is 16.7. The molecule has 6 heteroatoms. The second kappa shape index (κ2) is 11.6. The van der Waals surface area contributed by atoms with Crippen molar-refractivity contribution in [1.29, 1.82) is 0 Å². The van der Waals surface area contributed by atoms with Crippen LogP contribution in [-0.2, 0) is 23.7 Å². The number of hydrogen-bond acceptors (Lipinski definition) is 6. The van der Waals surface area contributed by atoms with E-state index in [0.717, 1.165) is 24.8 Å². The van der Waals surface area contributed by atoms with Gasteiger partial charge in [0.15, 0.2) is 6.29 Å². The molecule has 29 heavy (non-hydrogen) atoms. The minimum absolute atomic E-state index is 0.0129. The van der Waals surface area contributed by atoms with Crippen molar-refractivity contribution in [3.05, 3.63) is 23.8 Å². The van der Waals surface area contributed by atoms with Gasteiger partial charge >= 0.3 is 0 Å². The summed E-state index contributed by atoms with van der Waals surface area (Å²) in [4.78, 5) is 0. The van der Waals surface area contributed by atoms with E-state index in [4.69, 9.17) is 23.7 Å². The lowest BCUT2D eigenvalue weighted by Crippen LogP contribution is -2.41. The summed E-state index contributed by atoms with van der Waals surface area (Å²) in [7, 11) is 5.12. The van der Waals surface area contributed by atoms with Crippen LogP contribution in [-0.4, -0.2) is 69.3 Å². The van der Waals surface area contributed by atoms with Gasteiger partial charge in [-0.05, 0) is 25.3 Å². The largest absolute Gasteiger partial charge is 0.390 e. The van der Waals surface area contributed by atoms with Crippen LogP contribution in [0.4, 0.5) is 0 Å². The third-order valence-electron chi connectivity index (χ3n) is 6.36. The highest BCUT2D eigenvalue weighted by Gasteiger charge is 2.50. The first kappa shape index (κ1) is 24.5. The molecule has 2 saturated heterocycles. The zero-order valence-electron chi connectivity index (χ0n) is 19.0. The summed E-state index contributed by atoms with van der Waals surface area (Å²) in [6.45, 7) is 8.29. The highest BCUT2D eigenvalue weighted by Crippen LogP contribution is 2.37. The molecule has 2 fully saturated rings. The normalized spacial score (nSPS) is 34.8. The van der Waals surface area contributed by atoms with Crippen molar-refractivity contribution in [2.45, 2.75) is 89.9 Å². The molecule has 0 bridgehead atoms. The van der Waals surface area contributed by atoms with Crippen LogP contribution in [0.3, 0.4) is 0 Å². The Morgan fingerprint density at radius 1 is 1.10 bits per heavy atom. The van der Waals surface area contributed by atoms with E-state index >= 15 is 0 Å². The van der Waals surface area contributed by atoms with Gasteiger partial charge in [0, 0.05) is 39.6 Å². The Morgan fingerprint density at radius 3 is 2.41 bits per heavy atom. The number of hydrogen-bond donors (Lipinski definition) is 1. The monoisotopic (exact) mass is 412 g/mol. The first-order chi connectivity index (χ1) is 13.9. The average molecular weight is 413 g/mol. The van der Waals surface area contributed by atoms with Crippen molar-refractivity contribution in [2.24, 2.45) is 11.8 Å². The fraction of sp³-hybridized carbons (Fsp3) is 0.826. The maximum absolute atomic E-state index is 10.7. The van der Waals surface area contributed by atoms with E-state index in [-0.39, 0.29) is 48.6 Å². The topological polar surface area (TPSA) is 69.7 Å². The molecule has 0 spiro atoms. The van der Waals surface area contributed by atoms with Crippen LogP contribution in [0.5, 0.6) is 0 Å². The molecule has 0 aromatic heterocycles. The zero-order chi connectivity index (χ0) is 21.6. The van der Waals surface area contributed by atoms with Gasteiger partial charge < -0.3 is 28.8 Å². The minimum atomic E-state index is -0.530. The maximum atomic E-state index is 10.7.